The summed E-state index contributed by atoms with van der Waals surface area (Å²) in [7, 11) is 0. The van der Waals surface area contributed by atoms with Crippen LogP contribution in [0.3, 0.4) is 0 Å². The van der Waals surface area contributed by atoms with Crippen molar-refractivity contribution in [2.45, 2.75) is 38.1 Å². The lowest BCUT2D eigenvalue weighted by molar-refractivity contribution is -0.125. The number of hydrogen-bond acceptors (Lipinski definition) is 3. The molecule has 2 aromatic rings. The molecule has 1 amide bonds. The van der Waals surface area contributed by atoms with E-state index >= 15 is 0 Å². The van der Waals surface area contributed by atoms with Crippen molar-refractivity contribution >= 4 is 24.0 Å². The van der Waals surface area contributed by atoms with Crippen LogP contribution in [0.1, 0.15) is 35.1 Å². The summed E-state index contributed by atoms with van der Waals surface area (Å²) in [5.41, 5.74) is 3.39. The van der Waals surface area contributed by atoms with Gasteiger partial charge in [0.15, 0.2) is 0 Å². The molecule has 1 saturated heterocycles. The summed E-state index contributed by atoms with van der Waals surface area (Å²) in [5.74, 6) is -0.448. The van der Waals surface area contributed by atoms with Gasteiger partial charge in [0, 0.05) is 19.8 Å². The summed E-state index contributed by atoms with van der Waals surface area (Å²) in [6.45, 7) is 4.51. The zero-order chi connectivity index (χ0) is 18.9. The van der Waals surface area contributed by atoms with Gasteiger partial charge in [0.25, 0.3) is 0 Å². The highest BCUT2D eigenvalue weighted by molar-refractivity contribution is 5.99. The first kappa shape index (κ1) is 20.8. The van der Waals surface area contributed by atoms with Crippen LogP contribution in [0.4, 0.5) is 10.1 Å². The highest BCUT2D eigenvalue weighted by Gasteiger charge is 2.42. The number of halogens is 2. The van der Waals surface area contributed by atoms with Crippen LogP contribution in [-0.4, -0.2) is 25.7 Å². The number of hydrogen-bond donors (Lipinski definition) is 2. The Bertz CT molecular complexity index is 848. The summed E-state index contributed by atoms with van der Waals surface area (Å²) in [5, 5.41) is 6.14. The Morgan fingerprint density at radius 2 is 1.86 bits per heavy atom. The fourth-order valence-electron chi connectivity index (χ4n) is 4.11. The Hall–Kier alpha value is -1.95. The van der Waals surface area contributed by atoms with E-state index in [0.29, 0.717) is 44.6 Å². The zero-order valence-electron chi connectivity index (χ0n) is 16.0. The third-order valence-corrected chi connectivity index (χ3v) is 5.84. The van der Waals surface area contributed by atoms with E-state index in [9.17, 15) is 9.18 Å². The topological polar surface area (TPSA) is 50.4 Å². The van der Waals surface area contributed by atoms with Crippen LogP contribution in [0.5, 0.6) is 0 Å². The molecular formula is C22H26ClFN2O2. The van der Waals surface area contributed by atoms with Crippen LogP contribution in [-0.2, 0) is 27.9 Å². The fraction of sp³-hybridized carbons (Fsp3) is 0.409. The molecule has 0 unspecified atom stereocenters. The highest BCUT2D eigenvalue weighted by atomic mass is 35.5. The summed E-state index contributed by atoms with van der Waals surface area (Å²) in [4.78, 5) is 13.3. The van der Waals surface area contributed by atoms with Gasteiger partial charge in [0.1, 0.15) is 5.82 Å². The molecular weight excluding hydrogens is 379 g/mol. The lowest BCUT2D eigenvalue weighted by Crippen LogP contribution is -2.45. The molecule has 28 heavy (non-hydrogen) atoms. The molecule has 0 spiro atoms. The Morgan fingerprint density at radius 3 is 2.57 bits per heavy atom. The summed E-state index contributed by atoms with van der Waals surface area (Å²) < 4.78 is 20.5. The number of nitrogens with one attached hydrogen (secondary N) is 2. The maximum atomic E-state index is 15.0. The molecule has 150 valence electrons. The first-order chi connectivity index (χ1) is 13.1. The standard InChI is InChI=1S/C22H25FN2O2.ClH/c1-15-2-5-17(6-3-15)22(9-12-27-13-10-22)21(26)25-19-7-4-16-14-24-11-8-18(16)20(19)23;/h2-7,24H,8-14H2,1H3,(H,25,26);1H. The molecule has 4 nitrogen and oxygen atoms in total. The molecule has 0 radical (unpaired) electrons. The van der Waals surface area contributed by atoms with Crippen molar-refractivity contribution in [2.75, 3.05) is 25.1 Å². The Balaban J connectivity index is 0.00000225. The number of anilines is 1. The van der Waals surface area contributed by atoms with Gasteiger partial charge in [-0.05, 0) is 55.5 Å². The van der Waals surface area contributed by atoms with Gasteiger partial charge in [-0.1, -0.05) is 35.9 Å². The zero-order valence-corrected chi connectivity index (χ0v) is 16.8. The molecule has 0 atom stereocenters. The van der Waals surface area contributed by atoms with Crippen LogP contribution >= 0.6 is 12.4 Å². The van der Waals surface area contributed by atoms with Crippen molar-refractivity contribution in [3.8, 4) is 0 Å². The normalized spacial score (nSPS) is 17.9. The number of rotatable bonds is 3. The van der Waals surface area contributed by atoms with Gasteiger partial charge in [0.05, 0.1) is 11.1 Å². The first-order valence-electron chi connectivity index (χ1n) is 9.57. The van der Waals surface area contributed by atoms with E-state index in [1.165, 1.54) is 0 Å². The summed E-state index contributed by atoms with van der Waals surface area (Å²) >= 11 is 0. The quantitative estimate of drug-likeness (QED) is 0.816. The van der Waals surface area contributed by atoms with Crippen molar-refractivity contribution in [2.24, 2.45) is 0 Å². The average molecular weight is 405 g/mol. The van der Waals surface area contributed by atoms with Crippen molar-refractivity contribution in [1.82, 2.24) is 5.32 Å². The second kappa shape index (κ2) is 8.60. The third-order valence-electron chi connectivity index (χ3n) is 5.84. The van der Waals surface area contributed by atoms with Crippen LogP contribution in [0.25, 0.3) is 0 Å². The Labute approximate surface area is 171 Å². The van der Waals surface area contributed by atoms with Crippen LogP contribution in [0.15, 0.2) is 36.4 Å². The summed E-state index contributed by atoms with van der Waals surface area (Å²) in [6.07, 6.45) is 1.83. The number of fused-ring (bicyclic) bond motifs is 1. The van der Waals surface area contributed by atoms with E-state index in [1.54, 1.807) is 6.07 Å². The molecule has 2 aliphatic rings. The van der Waals surface area contributed by atoms with Gasteiger partial charge in [-0.3, -0.25) is 4.79 Å². The first-order valence-corrected chi connectivity index (χ1v) is 9.57. The minimum atomic E-state index is -0.685. The number of benzene rings is 2. The van der Waals surface area contributed by atoms with Gasteiger partial charge in [-0.25, -0.2) is 4.39 Å². The predicted octanol–water partition coefficient (Wildman–Crippen LogP) is 3.89. The van der Waals surface area contributed by atoms with Crippen LogP contribution in [0.2, 0.25) is 0 Å². The number of carbonyl (C=O) groups excluding carboxylic acids is 1. The fourth-order valence-corrected chi connectivity index (χ4v) is 4.11. The number of aryl methyl sites for hydroxylation is 1. The Kier molecular flexibility index (Phi) is 6.38. The largest absolute Gasteiger partial charge is 0.381 e. The average Bonchev–Trinajstić information content (AvgIpc) is 2.71. The molecule has 2 N–H and O–H groups in total. The molecule has 1 fully saturated rings. The molecule has 0 saturated carbocycles. The maximum absolute atomic E-state index is 15.0. The van der Waals surface area contributed by atoms with Crippen molar-refractivity contribution < 1.29 is 13.9 Å². The van der Waals surface area contributed by atoms with E-state index in [0.717, 1.165) is 23.2 Å². The molecule has 0 bridgehead atoms. The lowest BCUT2D eigenvalue weighted by atomic mass is 9.73. The molecule has 2 aliphatic heterocycles. The monoisotopic (exact) mass is 404 g/mol. The van der Waals surface area contributed by atoms with Crippen LogP contribution in [0, 0.1) is 12.7 Å². The second-order valence-corrected chi connectivity index (χ2v) is 7.51. The molecule has 4 rings (SSSR count). The van der Waals surface area contributed by atoms with Gasteiger partial charge >= 0.3 is 0 Å². The lowest BCUT2D eigenvalue weighted by Gasteiger charge is -2.36. The number of carbonyl (C=O) groups is 1. The van der Waals surface area contributed by atoms with Crippen LogP contribution < -0.4 is 10.6 Å². The highest BCUT2D eigenvalue weighted by Crippen LogP contribution is 2.37. The van der Waals surface area contributed by atoms with E-state index in [4.69, 9.17) is 4.74 Å². The predicted molar refractivity (Wildman–Crippen MR) is 111 cm³/mol. The van der Waals surface area contributed by atoms with Gasteiger partial charge in [-0.2, -0.15) is 0 Å². The molecule has 2 aromatic carbocycles. The van der Waals surface area contributed by atoms with E-state index in [1.807, 2.05) is 37.3 Å². The minimum absolute atomic E-state index is 0. The van der Waals surface area contributed by atoms with E-state index in [-0.39, 0.29) is 29.8 Å². The van der Waals surface area contributed by atoms with Crippen molar-refractivity contribution in [1.29, 1.82) is 0 Å². The van der Waals surface area contributed by atoms with Gasteiger partial charge < -0.3 is 15.4 Å². The summed E-state index contributed by atoms with van der Waals surface area (Å²) in [6, 6.07) is 11.6. The second-order valence-electron chi connectivity index (χ2n) is 7.51. The molecule has 0 aliphatic carbocycles. The molecule has 0 aromatic heterocycles. The number of amides is 1. The molecule has 2 heterocycles. The minimum Gasteiger partial charge on any atom is -0.381 e. The number of ether oxygens (including phenoxy) is 1. The van der Waals surface area contributed by atoms with E-state index < -0.39 is 5.41 Å². The third kappa shape index (κ3) is 3.79. The SMILES string of the molecule is Cc1ccc(C2(C(=O)Nc3ccc4c(c3F)CCNC4)CCOCC2)cc1.Cl. The van der Waals surface area contributed by atoms with Crippen molar-refractivity contribution in [3.63, 3.8) is 0 Å². The smallest absolute Gasteiger partial charge is 0.235 e. The van der Waals surface area contributed by atoms with E-state index in [2.05, 4.69) is 10.6 Å². The Morgan fingerprint density at radius 1 is 1.14 bits per heavy atom. The van der Waals surface area contributed by atoms with Gasteiger partial charge in [-0.15, -0.1) is 12.4 Å². The maximum Gasteiger partial charge on any atom is 0.235 e. The van der Waals surface area contributed by atoms with Crippen molar-refractivity contribution in [3.05, 3.63) is 64.5 Å². The van der Waals surface area contributed by atoms with Gasteiger partial charge in [0.2, 0.25) is 5.91 Å². The molecule has 6 heteroatoms.